The normalized spacial score (nSPS) is 10.5. The molecule has 0 saturated heterocycles. The van der Waals surface area contributed by atoms with Crippen LogP contribution in [0.4, 0.5) is 5.69 Å². The number of anilines is 1. The summed E-state index contributed by atoms with van der Waals surface area (Å²) in [6, 6.07) is 15.2. The smallest absolute Gasteiger partial charge is 0.255 e. The first-order valence-electron chi connectivity index (χ1n) is 7.25. The van der Waals surface area contributed by atoms with Gasteiger partial charge in [-0.25, -0.2) is 0 Å². The van der Waals surface area contributed by atoms with Gasteiger partial charge >= 0.3 is 0 Å². The fourth-order valence-corrected chi connectivity index (χ4v) is 2.54. The standard InChI is InChI=1S/C18H20N2OS/c1-12(2)14-8-5-6-10-16(14)20-18(21)15-9-4-3-7-13(15)11-17(19)22/h3-10,12H,11H2,1-2H3,(H2,19,22)(H,20,21). The summed E-state index contributed by atoms with van der Waals surface area (Å²) >= 11 is 4.95. The van der Waals surface area contributed by atoms with E-state index in [0.29, 0.717) is 22.9 Å². The molecule has 0 aromatic heterocycles. The van der Waals surface area contributed by atoms with Crippen molar-refractivity contribution < 1.29 is 4.79 Å². The first kappa shape index (κ1) is 16.2. The number of thiocarbonyl (C=S) groups is 1. The number of rotatable bonds is 5. The minimum Gasteiger partial charge on any atom is -0.393 e. The van der Waals surface area contributed by atoms with Crippen LogP contribution < -0.4 is 11.1 Å². The van der Waals surface area contributed by atoms with E-state index >= 15 is 0 Å². The maximum absolute atomic E-state index is 12.6. The van der Waals surface area contributed by atoms with E-state index in [-0.39, 0.29) is 5.91 Å². The highest BCUT2D eigenvalue weighted by Crippen LogP contribution is 2.24. The summed E-state index contributed by atoms with van der Waals surface area (Å²) in [6.45, 7) is 4.21. The third-order valence-corrected chi connectivity index (χ3v) is 3.60. The van der Waals surface area contributed by atoms with Crippen LogP contribution in [-0.2, 0) is 6.42 Å². The molecule has 3 N–H and O–H groups in total. The zero-order chi connectivity index (χ0) is 16.1. The van der Waals surface area contributed by atoms with Crippen LogP contribution >= 0.6 is 12.2 Å². The molecule has 0 atom stereocenters. The Balaban J connectivity index is 2.29. The van der Waals surface area contributed by atoms with E-state index < -0.39 is 0 Å². The summed E-state index contributed by atoms with van der Waals surface area (Å²) < 4.78 is 0. The molecule has 2 rings (SSSR count). The van der Waals surface area contributed by atoms with Gasteiger partial charge < -0.3 is 11.1 Å². The van der Waals surface area contributed by atoms with Crippen molar-refractivity contribution in [3.63, 3.8) is 0 Å². The zero-order valence-corrected chi connectivity index (χ0v) is 13.6. The Hall–Kier alpha value is -2.20. The van der Waals surface area contributed by atoms with Gasteiger partial charge in [0.1, 0.15) is 0 Å². The first-order chi connectivity index (χ1) is 10.5. The van der Waals surface area contributed by atoms with Gasteiger partial charge in [0, 0.05) is 17.7 Å². The molecule has 22 heavy (non-hydrogen) atoms. The lowest BCUT2D eigenvalue weighted by Crippen LogP contribution is -2.18. The Labute approximate surface area is 136 Å². The molecule has 0 spiro atoms. The average Bonchev–Trinajstić information content (AvgIpc) is 2.47. The molecule has 0 radical (unpaired) electrons. The average molecular weight is 312 g/mol. The Bertz CT molecular complexity index is 695. The summed E-state index contributed by atoms with van der Waals surface area (Å²) in [5.74, 6) is 0.198. The largest absolute Gasteiger partial charge is 0.393 e. The predicted octanol–water partition coefficient (Wildman–Crippen LogP) is 3.89. The number of hydrogen-bond donors (Lipinski definition) is 2. The quantitative estimate of drug-likeness (QED) is 0.824. The molecule has 0 heterocycles. The molecule has 0 unspecified atom stereocenters. The topological polar surface area (TPSA) is 55.1 Å². The van der Waals surface area contributed by atoms with Crippen molar-refractivity contribution in [3.05, 3.63) is 65.2 Å². The second-order valence-electron chi connectivity index (χ2n) is 5.50. The summed E-state index contributed by atoms with van der Waals surface area (Å²) in [4.78, 5) is 13.0. The lowest BCUT2D eigenvalue weighted by molar-refractivity contribution is 0.102. The number of nitrogens with one attached hydrogen (secondary N) is 1. The predicted molar refractivity (Wildman–Crippen MR) is 95.4 cm³/mol. The fraction of sp³-hybridized carbons (Fsp3) is 0.222. The molecule has 0 aliphatic carbocycles. The number of nitrogens with two attached hydrogens (primary N) is 1. The van der Waals surface area contributed by atoms with Gasteiger partial charge in [-0.1, -0.05) is 62.5 Å². The summed E-state index contributed by atoms with van der Waals surface area (Å²) in [7, 11) is 0. The van der Waals surface area contributed by atoms with Crippen molar-refractivity contribution in [1.29, 1.82) is 0 Å². The van der Waals surface area contributed by atoms with Crippen LogP contribution in [0.2, 0.25) is 0 Å². The second kappa shape index (κ2) is 7.18. The summed E-state index contributed by atoms with van der Waals surface area (Å²) in [6.07, 6.45) is 0.421. The van der Waals surface area contributed by atoms with Crippen molar-refractivity contribution in [2.45, 2.75) is 26.2 Å². The van der Waals surface area contributed by atoms with E-state index in [1.165, 1.54) is 0 Å². The maximum Gasteiger partial charge on any atom is 0.255 e. The van der Waals surface area contributed by atoms with Crippen LogP contribution in [0.3, 0.4) is 0 Å². The van der Waals surface area contributed by atoms with E-state index in [9.17, 15) is 4.79 Å². The second-order valence-corrected chi connectivity index (χ2v) is 6.02. The van der Waals surface area contributed by atoms with Crippen LogP contribution in [0, 0.1) is 0 Å². The van der Waals surface area contributed by atoms with E-state index in [2.05, 4.69) is 19.2 Å². The summed E-state index contributed by atoms with van der Waals surface area (Å²) in [5, 5.41) is 3.00. The van der Waals surface area contributed by atoms with Gasteiger partial charge in [0.2, 0.25) is 0 Å². The number of hydrogen-bond acceptors (Lipinski definition) is 2. The van der Waals surface area contributed by atoms with Crippen LogP contribution in [0.5, 0.6) is 0 Å². The Morgan fingerprint density at radius 3 is 2.45 bits per heavy atom. The van der Waals surface area contributed by atoms with Crippen LogP contribution in [0.15, 0.2) is 48.5 Å². The Morgan fingerprint density at radius 1 is 1.14 bits per heavy atom. The van der Waals surface area contributed by atoms with Crippen LogP contribution in [-0.4, -0.2) is 10.9 Å². The van der Waals surface area contributed by atoms with Gasteiger partial charge in [-0.3, -0.25) is 4.79 Å². The number of para-hydroxylation sites is 1. The highest BCUT2D eigenvalue weighted by molar-refractivity contribution is 7.80. The van der Waals surface area contributed by atoms with Gasteiger partial charge in [0.05, 0.1) is 4.99 Å². The highest BCUT2D eigenvalue weighted by Gasteiger charge is 2.14. The molecule has 0 saturated carbocycles. The maximum atomic E-state index is 12.6. The van der Waals surface area contributed by atoms with E-state index in [1.54, 1.807) is 6.07 Å². The third-order valence-electron chi connectivity index (χ3n) is 3.46. The van der Waals surface area contributed by atoms with E-state index in [0.717, 1.165) is 16.8 Å². The summed E-state index contributed by atoms with van der Waals surface area (Å²) in [5.41, 5.74) is 9.01. The number of carbonyl (C=O) groups is 1. The molecule has 0 fully saturated rings. The van der Waals surface area contributed by atoms with Gasteiger partial charge in [-0.2, -0.15) is 0 Å². The molecule has 4 heteroatoms. The molecular weight excluding hydrogens is 292 g/mol. The van der Waals surface area contributed by atoms with Crippen LogP contribution in [0.1, 0.15) is 41.3 Å². The van der Waals surface area contributed by atoms with Gasteiger partial charge in [-0.05, 0) is 29.2 Å². The number of benzene rings is 2. The molecular formula is C18H20N2OS. The highest BCUT2D eigenvalue weighted by atomic mass is 32.1. The molecule has 2 aromatic carbocycles. The van der Waals surface area contributed by atoms with Gasteiger partial charge in [-0.15, -0.1) is 0 Å². The van der Waals surface area contributed by atoms with E-state index in [1.807, 2.05) is 42.5 Å². The molecule has 0 aliphatic rings. The van der Waals surface area contributed by atoms with Crippen molar-refractivity contribution in [2.24, 2.45) is 5.73 Å². The number of carbonyl (C=O) groups excluding carboxylic acids is 1. The first-order valence-corrected chi connectivity index (χ1v) is 7.66. The van der Waals surface area contributed by atoms with Crippen LogP contribution in [0.25, 0.3) is 0 Å². The molecule has 0 bridgehead atoms. The lowest BCUT2D eigenvalue weighted by Gasteiger charge is -2.15. The monoisotopic (exact) mass is 312 g/mol. The third kappa shape index (κ3) is 3.92. The number of amides is 1. The molecule has 0 aliphatic heterocycles. The van der Waals surface area contributed by atoms with Crippen molar-refractivity contribution in [1.82, 2.24) is 0 Å². The molecule has 2 aromatic rings. The minimum atomic E-state index is -0.139. The van der Waals surface area contributed by atoms with Gasteiger partial charge in [0.25, 0.3) is 5.91 Å². The van der Waals surface area contributed by atoms with Crippen molar-refractivity contribution in [2.75, 3.05) is 5.32 Å². The zero-order valence-electron chi connectivity index (χ0n) is 12.8. The molecule has 1 amide bonds. The lowest BCUT2D eigenvalue weighted by atomic mass is 10.00. The van der Waals surface area contributed by atoms with E-state index in [4.69, 9.17) is 18.0 Å². The SMILES string of the molecule is CC(C)c1ccccc1NC(=O)c1ccccc1CC(N)=S. The fourth-order valence-electron chi connectivity index (χ4n) is 2.39. The van der Waals surface area contributed by atoms with Crippen molar-refractivity contribution in [3.8, 4) is 0 Å². The minimum absolute atomic E-state index is 0.139. The Kier molecular flexibility index (Phi) is 5.28. The molecule has 114 valence electrons. The van der Waals surface area contributed by atoms with Gasteiger partial charge in [0.15, 0.2) is 0 Å². The van der Waals surface area contributed by atoms with Crippen molar-refractivity contribution >= 4 is 28.8 Å². The Morgan fingerprint density at radius 2 is 1.77 bits per heavy atom. The molecule has 3 nitrogen and oxygen atoms in total.